The lowest BCUT2D eigenvalue weighted by molar-refractivity contribution is 0.00578. The standard InChI is InChI=1S/C21H20N6O2.C15H14ClN5O.C12H18BNO3/c1-25-12-14(4-7-19(25)28)17-5-6-18-20(24-17)27(16-8-10-26(18)13-16)21(29)23-15-3-2-9-22-11-15;16-13-4-3-12-14(19-13)21(11-5-7-20(12)9-11)15(22)18-10-2-1-6-17-8-10;1-11(2)12(3,4)17-13(16-11)9-6-7-10(15)14(5)8-9/h2-7,9,11-12,16H,8,10,13H2,1H3,(H,23,29);1-4,6,8,11H,5,7,9H2,(H,18,22);6-8H,1-5H3/t16-;11-;/m00./s1. The molecule has 350 valence electrons. The molecule has 11 rings (SSSR count). The predicted molar refractivity (Wildman–Crippen MR) is 264 cm³/mol. The Kier molecular flexibility index (Phi) is 12.6. The Morgan fingerprint density at radius 1 is 0.676 bits per heavy atom. The van der Waals surface area contributed by atoms with Crippen LogP contribution in [0, 0.1) is 0 Å². The van der Waals surface area contributed by atoms with Crippen molar-refractivity contribution in [3.63, 3.8) is 0 Å². The van der Waals surface area contributed by atoms with E-state index in [2.05, 4.69) is 35.4 Å². The molecule has 4 amide bonds. The largest absolute Gasteiger partial charge is 0.496 e. The van der Waals surface area contributed by atoms with Crippen molar-refractivity contribution in [3.05, 3.63) is 136 Å². The number of urea groups is 2. The molecule has 0 aliphatic carbocycles. The zero-order chi connectivity index (χ0) is 47.9. The van der Waals surface area contributed by atoms with Gasteiger partial charge in [0.25, 0.3) is 0 Å². The summed E-state index contributed by atoms with van der Waals surface area (Å²) in [7, 11) is 3.02. The highest BCUT2D eigenvalue weighted by Gasteiger charge is 2.52. The zero-order valence-electron chi connectivity index (χ0n) is 38.7. The number of aromatic nitrogens is 6. The number of amides is 4. The van der Waals surface area contributed by atoms with Crippen LogP contribution in [0.2, 0.25) is 5.15 Å². The van der Waals surface area contributed by atoms with Crippen molar-refractivity contribution in [2.45, 2.75) is 63.8 Å². The number of hydrogen-bond acceptors (Lipinski definition) is 12. The molecule has 11 heterocycles. The SMILES string of the molecule is Cn1cc(-c2ccc3c(n2)N(C(=O)Nc2cccnc2)[C@H]2CCN3C2)ccc1=O.Cn1cc(B2OC(C)(C)C(C)(C)O2)ccc1=O.O=C(Nc1cccnc1)N1c2nc(Cl)ccc2N2CC[C@H]1C2. The summed E-state index contributed by atoms with van der Waals surface area (Å²) in [5.41, 5.74) is 4.82. The minimum absolute atomic E-state index is 0.0368. The van der Waals surface area contributed by atoms with E-state index >= 15 is 0 Å². The number of hydrogen-bond donors (Lipinski definition) is 2. The second-order valence-corrected chi connectivity index (χ2v) is 18.6. The fraction of sp³-hybridized carbons (Fsp3) is 0.333. The van der Waals surface area contributed by atoms with Gasteiger partial charge in [0.1, 0.15) is 5.15 Å². The first kappa shape index (κ1) is 46.0. The summed E-state index contributed by atoms with van der Waals surface area (Å²) in [4.78, 5) is 74.2. The average Bonchev–Trinajstić information content (AvgIpc) is 4.00. The van der Waals surface area contributed by atoms with Gasteiger partial charge < -0.3 is 38.9 Å². The fourth-order valence-electron chi connectivity index (χ4n) is 8.80. The van der Waals surface area contributed by atoms with E-state index in [4.69, 9.17) is 25.9 Å². The van der Waals surface area contributed by atoms with Crippen LogP contribution in [-0.2, 0) is 23.4 Å². The number of anilines is 6. The number of rotatable bonds is 4. The van der Waals surface area contributed by atoms with Gasteiger partial charge in [-0.1, -0.05) is 17.7 Å². The maximum atomic E-state index is 13.1. The molecule has 0 aromatic carbocycles. The lowest BCUT2D eigenvalue weighted by Gasteiger charge is -2.35. The Bertz CT molecular complexity index is 2960. The highest BCUT2D eigenvalue weighted by atomic mass is 35.5. The highest BCUT2D eigenvalue weighted by Crippen LogP contribution is 2.42. The molecule has 20 heteroatoms. The highest BCUT2D eigenvalue weighted by molar-refractivity contribution is 6.62. The van der Waals surface area contributed by atoms with Crippen LogP contribution in [0.3, 0.4) is 0 Å². The van der Waals surface area contributed by atoms with E-state index < -0.39 is 7.12 Å². The van der Waals surface area contributed by atoms with E-state index in [0.717, 1.165) is 67.1 Å². The maximum absolute atomic E-state index is 13.1. The quantitative estimate of drug-likeness (QED) is 0.157. The van der Waals surface area contributed by atoms with E-state index in [1.165, 1.54) is 21.3 Å². The molecule has 18 nitrogen and oxygen atoms in total. The van der Waals surface area contributed by atoms with Gasteiger partial charge in [-0.15, -0.1) is 0 Å². The fourth-order valence-corrected chi connectivity index (χ4v) is 8.94. The summed E-state index contributed by atoms with van der Waals surface area (Å²) in [6.07, 6.45) is 11.9. The zero-order valence-corrected chi connectivity index (χ0v) is 39.4. The van der Waals surface area contributed by atoms with Crippen LogP contribution in [0.4, 0.5) is 44.0 Å². The number of fused-ring (bicyclic) bond motifs is 8. The van der Waals surface area contributed by atoms with Crippen molar-refractivity contribution in [1.29, 1.82) is 0 Å². The molecule has 4 bridgehead atoms. The van der Waals surface area contributed by atoms with Gasteiger partial charge in [0.2, 0.25) is 11.1 Å². The summed E-state index contributed by atoms with van der Waals surface area (Å²) in [5.74, 6) is 1.27. The van der Waals surface area contributed by atoms with Gasteiger partial charge in [-0.05, 0) is 101 Å². The summed E-state index contributed by atoms with van der Waals surface area (Å²) in [6, 6.07) is 21.2. The number of aryl methyl sites for hydroxylation is 2. The smallest absolute Gasteiger partial charge is 0.399 e. The van der Waals surface area contributed by atoms with Crippen molar-refractivity contribution < 1.29 is 18.9 Å². The first-order chi connectivity index (χ1) is 32.5. The summed E-state index contributed by atoms with van der Waals surface area (Å²) in [5, 5.41) is 6.20. The van der Waals surface area contributed by atoms with E-state index in [0.29, 0.717) is 28.2 Å². The third-order valence-corrected chi connectivity index (χ3v) is 13.4. The number of carbonyl (C=O) groups is 2. The number of pyridine rings is 6. The van der Waals surface area contributed by atoms with Crippen LogP contribution in [0.25, 0.3) is 11.3 Å². The monoisotopic (exact) mass is 938 g/mol. The minimum Gasteiger partial charge on any atom is -0.399 e. The molecule has 5 aliphatic heterocycles. The molecule has 6 aromatic rings. The molecule has 3 saturated heterocycles. The van der Waals surface area contributed by atoms with Crippen LogP contribution in [0.15, 0.2) is 120 Å². The number of halogens is 1. The predicted octanol–water partition coefficient (Wildman–Crippen LogP) is 5.92. The molecule has 5 aliphatic rings. The second kappa shape index (κ2) is 18.5. The van der Waals surface area contributed by atoms with E-state index in [-0.39, 0.29) is 46.5 Å². The first-order valence-electron chi connectivity index (χ1n) is 22.4. The first-order valence-corrected chi connectivity index (χ1v) is 22.8. The second-order valence-electron chi connectivity index (χ2n) is 18.2. The minimum atomic E-state index is -0.410. The number of carbonyl (C=O) groups excluding carboxylic acids is 2. The molecule has 0 unspecified atom stereocenters. The molecule has 2 N–H and O–H groups in total. The van der Waals surface area contributed by atoms with Crippen molar-refractivity contribution in [1.82, 2.24) is 29.1 Å². The number of nitrogens with zero attached hydrogens (tertiary/aromatic N) is 10. The van der Waals surface area contributed by atoms with Gasteiger partial charge in [0.15, 0.2) is 11.6 Å². The maximum Gasteiger partial charge on any atom is 0.496 e. The Morgan fingerprint density at radius 2 is 1.19 bits per heavy atom. The van der Waals surface area contributed by atoms with Crippen LogP contribution in [-0.4, -0.2) is 97.7 Å². The van der Waals surface area contributed by atoms with Gasteiger partial charge in [-0.2, -0.15) is 0 Å². The van der Waals surface area contributed by atoms with Crippen LogP contribution < -0.4 is 46.8 Å². The van der Waals surface area contributed by atoms with Crippen molar-refractivity contribution in [3.8, 4) is 11.3 Å². The Hall–Kier alpha value is -7.09. The van der Waals surface area contributed by atoms with Crippen molar-refractivity contribution >= 4 is 70.6 Å². The summed E-state index contributed by atoms with van der Waals surface area (Å²) in [6.45, 7) is 11.5. The average molecular weight is 939 g/mol. The van der Waals surface area contributed by atoms with Gasteiger partial charge >= 0.3 is 19.2 Å². The van der Waals surface area contributed by atoms with E-state index in [9.17, 15) is 19.2 Å². The third kappa shape index (κ3) is 9.28. The van der Waals surface area contributed by atoms with Gasteiger partial charge in [0.05, 0.1) is 64.1 Å². The lowest BCUT2D eigenvalue weighted by atomic mass is 9.80. The molecule has 0 spiro atoms. The summed E-state index contributed by atoms with van der Waals surface area (Å²) >= 11 is 6.02. The van der Waals surface area contributed by atoms with Gasteiger partial charge in [0, 0.05) is 82.8 Å². The molecular weight excluding hydrogens is 887 g/mol. The Labute approximate surface area is 398 Å². The molecule has 0 saturated carbocycles. The molecular formula is C48H52BClN12O6. The molecule has 0 radical (unpaired) electrons. The topological polar surface area (TPSA) is 185 Å². The normalized spacial score (nSPS) is 19.0. The number of nitrogens with one attached hydrogen (secondary N) is 2. The molecule has 6 aromatic heterocycles. The third-order valence-electron chi connectivity index (χ3n) is 13.1. The summed E-state index contributed by atoms with van der Waals surface area (Å²) < 4.78 is 14.9. The van der Waals surface area contributed by atoms with Crippen LogP contribution in [0.5, 0.6) is 0 Å². The van der Waals surface area contributed by atoms with Crippen molar-refractivity contribution in [2.24, 2.45) is 14.1 Å². The molecule has 3 fully saturated rings. The van der Waals surface area contributed by atoms with Crippen molar-refractivity contribution in [2.75, 3.05) is 56.4 Å². The van der Waals surface area contributed by atoms with Crippen LogP contribution >= 0.6 is 11.6 Å². The molecule has 68 heavy (non-hydrogen) atoms. The Balaban J connectivity index is 0.000000132. The molecule has 2 atom stereocenters. The van der Waals surface area contributed by atoms with E-state index in [1.807, 2.05) is 58.0 Å². The Morgan fingerprint density at radius 3 is 1.71 bits per heavy atom. The lowest BCUT2D eigenvalue weighted by Crippen LogP contribution is -2.48. The van der Waals surface area contributed by atoms with Gasteiger partial charge in [-0.3, -0.25) is 29.4 Å². The van der Waals surface area contributed by atoms with Gasteiger partial charge in [-0.25, -0.2) is 19.6 Å². The van der Waals surface area contributed by atoms with E-state index in [1.54, 1.807) is 91.4 Å². The van der Waals surface area contributed by atoms with Crippen LogP contribution in [0.1, 0.15) is 40.5 Å².